The fraction of sp³-hybridized carbons (Fsp3) is 0.429. The van der Waals surface area contributed by atoms with Gasteiger partial charge >= 0.3 is 5.69 Å². The van der Waals surface area contributed by atoms with Gasteiger partial charge in [-0.3, -0.25) is 15.1 Å². The molecule has 0 unspecified atom stereocenters. The van der Waals surface area contributed by atoms with Crippen molar-refractivity contribution in [2.24, 2.45) is 0 Å². The monoisotopic (exact) mass is 320 g/mol. The van der Waals surface area contributed by atoms with Gasteiger partial charge in [0.2, 0.25) is 0 Å². The number of ether oxygens (including phenoxy) is 1. The van der Waals surface area contributed by atoms with E-state index in [4.69, 9.17) is 4.74 Å². The largest absolute Gasteiger partial charge is 0.360 e. The minimum absolute atomic E-state index is 0.0400. The maximum absolute atomic E-state index is 11.2. The Kier molecular flexibility index (Phi) is 5.04. The van der Waals surface area contributed by atoms with Gasteiger partial charge in [-0.05, 0) is 18.2 Å². The van der Waals surface area contributed by atoms with Gasteiger partial charge in [-0.1, -0.05) is 19.6 Å². The Hall–Kier alpha value is -2.06. The third-order valence-corrected chi connectivity index (χ3v) is 4.80. The van der Waals surface area contributed by atoms with E-state index < -0.39 is 13.0 Å². The van der Waals surface area contributed by atoms with Crippen molar-refractivity contribution in [2.45, 2.75) is 32.4 Å². The fourth-order valence-electron chi connectivity index (χ4n) is 1.86. The predicted molar refractivity (Wildman–Crippen MR) is 86.2 cm³/mol. The second-order valence-corrected chi connectivity index (χ2v) is 11.9. The molecule has 0 radical (unpaired) electrons. The lowest BCUT2D eigenvalue weighted by molar-refractivity contribution is -0.384. The highest BCUT2D eigenvalue weighted by molar-refractivity contribution is 6.76. The molecule has 22 heavy (non-hydrogen) atoms. The number of hydrogen-bond acceptors (Lipinski definition) is 5. The standard InChI is InChI=1S/C14H20N4O3Si/c1-22(2,3)8-7-21-11-17-10-13(18(19)20)14(16-17)12-5-4-6-15-9-12/h4-6,9-10H,7-8,11H2,1-3H3. The smallest absolute Gasteiger partial charge is 0.315 e. The van der Waals surface area contributed by atoms with Gasteiger partial charge in [-0.15, -0.1) is 0 Å². The zero-order valence-corrected chi connectivity index (χ0v) is 14.0. The first kappa shape index (κ1) is 16.3. The summed E-state index contributed by atoms with van der Waals surface area (Å²) in [6, 6.07) is 4.52. The summed E-state index contributed by atoms with van der Waals surface area (Å²) in [5.74, 6) is 0. The van der Waals surface area contributed by atoms with E-state index in [0.717, 1.165) is 6.04 Å². The molecule has 0 N–H and O–H groups in total. The van der Waals surface area contributed by atoms with Crippen LogP contribution in [0.1, 0.15) is 0 Å². The lowest BCUT2D eigenvalue weighted by Crippen LogP contribution is -2.22. The molecule has 0 aliphatic rings. The normalized spacial score (nSPS) is 11.6. The third kappa shape index (κ3) is 4.47. The highest BCUT2D eigenvalue weighted by Gasteiger charge is 2.21. The number of aromatic nitrogens is 3. The second kappa shape index (κ2) is 6.80. The summed E-state index contributed by atoms with van der Waals surface area (Å²) in [6.07, 6.45) is 4.58. The summed E-state index contributed by atoms with van der Waals surface area (Å²) >= 11 is 0. The molecule has 0 aromatic carbocycles. The molecule has 2 heterocycles. The predicted octanol–water partition coefficient (Wildman–Crippen LogP) is 3.17. The van der Waals surface area contributed by atoms with Gasteiger partial charge in [0.05, 0.1) is 4.92 Å². The summed E-state index contributed by atoms with van der Waals surface area (Å²) in [6.45, 7) is 7.68. The molecule has 0 bridgehead atoms. The first-order chi connectivity index (χ1) is 10.4. The second-order valence-electron chi connectivity index (χ2n) is 6.25. The molecule has 0 amide bonds. The Bertz CT molecular complexity index is 637. The van der Waals surface area contributed by atoms with Crippen LogP contribution in [-0.2, 0) is 11.5 Å². The van der Waals surface area contributed by atoms with Gasteiger partial charge in [-0.2, -0.15) is 5.10 Å². The Morgan fingerprint density at radius 3 is 2.77 bits per heavy atom. The average molecular weight is 320 g/mol. The molecule has 0 saturated carbocycles. The van der Waals surface area contributed by atoms with Crippen LogP contribution in [0.2, 0.25) is 25.7 Å². The summed E-state index contributed by atoms with van der Waals surface area (Å²) < 4.78 is 7.04. The van der Waals surface area contributed by atoms with Crippen LogP contribution in [-0.4, -0.2) is 34.4 Å². The van der Waals surface area contributed by atoms with Crippen LogP contribution >= 0.6 is 0 Å². The molecule has 0 fully saturated rings. The highest BCUT2D eigenvalue weighted by Crippen LogP contribution is 2.27. The lowest BCUT2D eigenvalue weighted by atomic mass is 10.2. The van der Waals surface area contributed by atoms with Gasteiger partial charge in [0.1, 0.15) is 12.9 Å². The van der Waals surface area contributed by atoms with Crippen molar-refractivity contribution in [1.29, 1.82) is 0 Å². The maximum atomic E-state index is 11.2. The van der Waals surface area contributed by atoms with Crippen LogP contribution in [0.5, 0.6) is 0 Å². The molecule has 7 nitrogen and oxygen atoms in total. The van der Waals surface area contributed by atoms with Crippen LogP contribution in [0.4, 0.5) is 5.69 Å². The van der Waals surface area contributed by atoms with Crippen molar-refractivity contribution in [3.63, 3.8) is 0 Å². The fourth-order valence-corrected chi connectivity index (χ4v) is 2.61. The Labute approximate surface area is 130 Å². The summed E-state index contributed by atoms with van der Waals surface area (Å²) in [4.78, 5) is 14.7. The van der Waals surface area contributed by atoms with E-state index in [1.54, 1.807) is 24.5 Å². The first-order valence-electron chi connectivity index (χ1n) is 7.07. The van der Waals surface area contributed by atoms with Crippen molar-refractivity contribution < 1.29 is 9.66 Å². The molecule has 2 aromatic heterocycles. The molecule has 2 aromatic rings. The molecule has 0 saturated heterocycles. The molecular formula is C14H20N4O3Si. The van der Waals surface area contributed by atoms with E-state index in [1.165, 1.54) is 10.9 Å². The van der Waals surface area contributed by atoms with Crippen LogP contribution in [0, 0.1) is 10.1 Å². The maximum Gasteiger partial charge on any atom is 0.315 e. The van der Waals surface area contributed by atoms with Gasteiger partial charge in [0.15, 0.2) is 5.69 Å². The summed E-state index contributed by atoms with van der Waals surface area (Å²) in [7, 11) is -1.14. The summed E-state index contributed by atoms with van der Waals surface area (Å²) in [5.41, 5.74) is 0.892. The number of rotatable bonds is 7. The van der Waals surface area contributed by atoms with Crippen LogP contribution in [0.25, 0.3) is 11.3 Å². The van der Waals surface area contributed by atoms with Gasteiger partial charge in [0, 0.05) is 32.6 Å². The van der Waals surface area contributed by atoms with Crippen LogP contribution in [0.3, 0.4) is 0 Å². The van der Waals surface area contributed by atoms with E-state index in [9.17, 15) is 10.1 Å². The molecule has 0 aliphatic carbocycles. The van der Waals surface area contributed by atoms with Crippen molar-refractivity contribution in [1.82, 2.24) is 14.8 Å². The molecule has 8 heteroatoms. The highest BCUT2D eigenvalue weighted by atomic mass is 28.3. The van der Waals surface area contributed by atoms with E-state index in [0.29, 0.717) is 17.9 Å². The Balaban J connectivity index is 2.09. The minimum Gasteiger partial charge on any atom is -0.360 e. The van der Waals surface area contributed by atoms with E-state index >= 15 is 0 Å². The molecule has 118 valence electrons. The van der Waals surface area contributed by atoms with Crippen LogP contribution in [0.15, 0.2) is 30.7 Å². The van der Waals surface area contributed by atoms with E-state index in [1.807, 2.05) is 0 Å². The van der Waals surface area contributed by atoms with Gasteiger partial charge in [-0.25, -0.2) is 4.68 Å². The van der Waals surface area contributed by atoms with Crippen molar-refractivity contribution >= 4 is 13.8 Å². The van der Waals surface area contributed by atoms with Gasteiger partial charge < -0.3 is 4.74 Å². The molecule has 0 atom stereocenters. The number of pyridine rings is 1. The number of nitro groups is 1. The molecule has 2 rings (SSSR count). The number of nitrogens with zero attached hydrogens (tertiary/aromatic N) is 4. The number of hydrogen-bond donors (Lipinski definition) is 0. The average Bonchev–Trinajstić information content (AvgIpc) is 2.88. The minimum atomic E-state index is -1.14. The van der Waals surface area contributed by atoms with Crippen molar-refractivity contribution in [3.05, 3.63) is 40.8 Å². The molecular weight excluding hydrogens is 300 g/mol. The molecule has 0 aliphatic heterocycles. The van der Waals surface area contributed by atoms with E-state index in [-0.39, 0.29) is 12.4 Å². The van der Waals surface area contributed by atoms with Crippen molar-refractivity contribution in [2.75, 3.05) is 6.61 Å². The zero-order valence-electron chi connectivity index (χ0n) is 13.0. The van der Waals surface area contributed by atoms with Crippen molar-refractivity contribution in [3.8, 4) is 11.3 Å². The topological polar surface area (TPSA) is 83.1 Å². The third-order valence-electron chi connectivity index (χ3n) is 3.09. The Morgan fingerprint density at radius 2 is 2.18 bits per heavy atom. The first-order valence-corrected chi connectivity index (χ1v) is 10.8. The van der Waals surface area contributed by atoms with Gasteiger partial charge in [0.25, 0.3) is 0 Å². The SMILES string of the molecule is C[Si](C)(C)CCOCn1cc([N+](=O)[O-])c(-c2cccnc2)n1. The van der Waals surface area contributed by atoms with Crippen LogP contribution < -0.4 is 0 Å². The lowest BCUT2D eigenvalue weighted by Gasteiger charge is -2.15. The summed E-state index contributed by atoms with van der Waals surface area (Å²) in [5, 5.41) is 15.4. The zero-order chi connectivity index (χ0) is 16.2. The quantitative estimate of drug-likeness (QED) is 0.339. The van der Waals surface area contributed by atoms with E-state index in [2.05, 4.69) is 29.7 Å². The molecule has 0 spiro atoms. The Morgan fingerprint density at radius 1 is 1.41 bits per heavy atom.